The topological polar surface area (TPSA) is 67.2 Å². The third-order valence-electron chi connectivity index (χ3n) is 3.93. The molecule has 0 saturated heterocycles. The molecule has 1 aromatic carbocycles. The van der Waals surface area contributed by atoms with Crippen LogP contribution in [0.2, 0.25) is 0 Å². The number of nitrogens with zero attached hydrogens (tertiary/aromatic N) is 2. The van der Waals surface area contributed by atoms with E-state index in [1.165, 1.54) is 24.3 Å². The van der Waals surface area contributed by atoms with E-state index in [1.54, 1.807) is 17.8 Å². The normalized spacial score (nSPS) is 13.8. The number of aliphatic hydroxyl groups is 1. The van der Waals surface area contributed by atoms with Gasteiger partial charge in [-0.25, -0.2) is 4.39 Å². The first-order chi connectivity index (χ1) is 11.3. The number of carbonyl (C=O) groups excluding carboxylic acids is 1. The van der Waals surface area contributed by atoms with E-state index >= 15 is 0 Å². The highest BCUT2D eigenvalue weighted by atomic mass is 19.1. The zero-order chi connectivity index (χ0) is 17.9. The summed E-state index contributed by atoms with van der Waals surface area (Å²) < 4.78 is 14.8. The molecule has 2 unspecified atom stereocenters. The Balaban J connectivity index is 2.06. The fraction of sp³-hybridized carbons (Fsp3) is 0.444. The Hall–Kier alpha value is -2.21. The number of halogens is 1. The van der Waals surface area contributed by atoms with Gasteiger partial charge in [-0.2, -0.15) is 5.10 Å². The SMILES string of the molecule is Cc1c(C(=O)NC(C)C(O)c2ccc(F)cc2)cnn1CC(C)C. The van der Waals surface area contributed by atoms with Crippen LogP contribution in [-0.2, 0) is 6.54 Å². The lowest BCUT2D eigenvalue weighted by molar-refractivity contribution is 0.0851. The molecule has 0 bridgehead atoms. The van der Waals surface area contributed by atoms with E-state index in [0.717, 1.165) is 12.2 Å². The van der Waals surface area contributed by atoms with Crippen molar-refractivity contribution in [1.29, 1.82) is 0 Å². The largest absolute Gasteiger partial charge is 0.386 e. The molecule has 6 heteroatoms. The van der Waals surface area contributed by atoms with Gasteiger partial charge in [0.05, 0.1) is 23.9 Å². The molecular weight excluding hydrogens is 309 g/mol. The van der Waals surface area contributed by atoms with Gasteiger partial charge >= 0.3 is 0 Å². The standard InChI is InChI=1S/C18H24FN3O2/c1-11(2)10-22-13(4)16(9-20-22)18(24)21-12(3)17(23)14-5-7-15(19)8-6-14/h5-9,11-12,17,23H,10H2,1-4H3,(H,21,24). The second kappa shape index (κ2) is 7.57. The highest BCUT2D eigenvalue weighted by molar-refractivity contribution is 5.95. The maximum absolute atomic E-state index is 13.0. The minimum absolute atomic E-state index is 0.281. The van der Waals surface area contributed by atoms with Crippen LogP contribution in [0.4, 0.5) is 4.39 Å². The van der Waals surface area contributed by atoms with Crippen molar-refractivity contribution in [2.24, 2.45) is 5.92 Å². The summed E-state index contributed by atoms with van der Waals surface area (Å²) in [7, 11) is 0. The maximum Gasteiger partial charge on any atom is 0.255 e. The van der Waals surface area contributed by atoms with Crippen molar-refractivity contribution in [3.05, 3.63) is 53.1 Å². The van der Waals surface area contributed by atoms with Crippen LogP contribution >= 0.6 is 0 Å². The highest BCUT2D eigenvalue weighted by Gasteiger charge is 2.21. The van der Waals surface area contributed by atoms with Crippen LogP contribution in [0.15, 0.2) is 30.5 Å². The average Bonchev–Trinajstić information content (AvgIpc) is 2.87. The molecule has 2 N–H and O–H groups in total. The zero-order valence-electron chi connectivity index (χ0n) is 14.5. The summed E-state index contributed by atoms with van der Waals surface area (Å²) >= 11 is 0. The lowest BCUT2D eigenvalue weighted by Crippen LogP contribution is -2.37. The summed E-state index contributed by atoms with van der Waals surface area (Å²) in [6, 6.07) is 5.07. The van der Waals surface area contributed by atoms with Gasteiger partial charge in [0, 0.05) is 12.2 Å². The Labute approximate surface area is 141 Å². The Morgan fingerprint density at radius 3 is 2.50 bits per heavy atom. The monoisotopic (exact) mass is 333 g/mol. The number of hydrogen-bond acceptors (Lipinski definition) is 3. The number of hydrogen-bond donors (Lipinski definition) is 2. The molecule has 1 amide bonds. The van der Waals surface area contributed by atoms with Crippen molar-refractivity contribution in [1.82, 2.24) is 15.1 Å². The second-order valence-electron chi connectivity index (χ2n) is 6.48. The van der Waals surface area contributed by atoms with Crippen LogP contribution in [0.25, 0.3) is 0 Å². The van der Waals surface area contributed by atoms with Gasteiger partial charge in [-0.1, -0.05) is 26.0 Å². The van der Waals surface area contributed by atoms with Gasteiger partial charge in [0.15, 0.2) is 0 Å². The van der Waals surface area contributed by atoms with Gasteiger partial charge in [-0.15, -0.1) is 0 Å². The number of rotatable bonds is 6. The number of nitrogens with one attached hydrogen (secondary N) is 1. The van der Waals surface area contributed by atoms with Crippen LogP contribution in [0.1, 0.15) is 48.5 Å². The number of carbonyl (C=O) groups is 1. The first-order valence-corrected chi connectivity index (χ1v) is 8.06. The maximum atomic E-state index is 13.0. The summed E-state index contributed by atoms with van der Waals surface area (Å²) in [6.45, 7) is 8.47. The van der Waals surface area contributed by atoms with Crippen molar-refractivity contribution < 1.29 is 14.3 Å². The number of aliphatic hydroxyl groups excluding tert-OH is 1. The number of aromatic nitrogens is 2. The molecule has 0 spiro atoms. The first-order valence-electron chi connectivity index (χ1n) is 8.06. The lowest BCUT2D eigenvalue weighted by Gasteiger charge is -2.20. The smallest absolute Gasteiger partial charge is 0.255 e. The Morgan fingerprint density at radius 2 is 1.92 bits per heavy atom. The fourth-order valence-corrected chi connectivity index (χ4v) is 2.51. The van der Waals surface area contributed by atoms with Crippen molar-refractivity contribution in [2.75, 3.05) is 0 Å². The van der Waals surface area contributed by atoms with Crippen molar-refractivity contribution in [3.8, 4) is 0 Å². The molecule has 0 aliphatic carbocycles. The summed E-state index contributed by atoms with van der Waals surface area (Å²) in [4.78, 5) is 12.4. The predicted molar refractivity (Wildman–Crippen MR) is 90.1 cm³/mol. The molecule has 0 radical (unpaired) electrons. The molecule has 2 atom stereocenters. The highest BCUT2D eigenvalue weighted by Crippen LogP contribution is 2.18. The van der Waals surface area contributed by atoms with Crippen molar-refractivity contribution >= 4 is 5.91 Å². The quantitative estimate of drug-likeness (QED) is 0.854. The van der Waals surface area contributed by atoms with Crippen molar-refractivity contribution in [3.63, 3.8) is 0 Å². The Bertz CT molecular complexity index is 695. The van der Waals surface area contributed by atoms with E-state index in [4.69, 9.17) is 0 Å². The van der Waals surface area contributed by atoms with Gasteiger partial charge < -0.3 is 10.4 Å². The Morgan fingerprint density at radius 1 is 1.29 bits per heavy atom. The third kappa shape index (κ3) is 4.20. The van der Waals surface area contributed by atoms with E-state index in [0.29, 0.717) is 17.0 Å². The van der Waals surface area contributed by atoms with Gasteiger partial charge in [0.25, 0.3) is 5.91 Å². The van der Waals surface area contributed by atoms with Gasteiger partial charge in [-0.05, 0) is 37.5 Å². The van der Waals surface area contributed by atoms with E-state index in [1.807, 2.05) is 6.92 Å². The van der Waals surface area contributed by atoms with Gasteiger partial charge in [-0.3, -0.25) is 9.48 Å². The second-order valence-corrected chi connectivity index (χ2v) is 6.48. The van der Waals surface area contributed by atoms with E-state index in [2.05, 4.69) is 24.3 Å². The number of benzene rings is 1. The first kappa shape index (κ1) is 18.1. The molecule has 0 aliphatic heterocycles. The summed E-state index contributed by atoms with van der Waals surface area (Å²) in [5.41, 5.74) is 1.84. The zero-order valence-corrected chi connectivity index (χ0v) is 14.5. The van der Waals surface area contributed by atoms with Crippen LogP contribution < -0.4 is 5.32 Å². The molecule has 0 aliphatic rings. The molecule has 1 heterocycles. The minimum atomic E-state index is -0.916. The summed E-state index contributed by atoms with van der Waals surface area (Å²) in [5, 5.41) is 17.3. The van der Waals surface area contributed by atoms with Crippen molar-refractivity contribution in [2.45, 2.75) is 46.4 Å². The molecule has 5 nitrogen and oxygen atoms in total. The van der Waals surface area contributed by atoms with E-state index in [9.17, 15) is 14.3 Å². The molecule has 130 valence electrons. The number of amides is 1. The molecule has 1 aromatic heterocycles. The van der Waals surface area contributed by atoms with Gasteiger partial charge in [0.1, 0.15) is 5.82 Å². The van der Waals surface area contributed by atoms with Crippen LogP contribution in [0.5, 0.6) is 0 Å². The van der Waals surface area contributed by atoms with Crippen LogP contribution in [0.3, 0.4) is 0 Å². The molecule has 2 aromatic rings. The van der Waals surface area contributed by atoms with Crippen LogP contribution in [-0.4, -0.2) is 26.8 Å². The lowest BCUT2D eigenvalue weighted by atomic mass is 10.0. The average molecular weight is 333 g/mol. The third-order valence-corrected chi connectivity index (χ3v) is 3.93. The predicted octanol–water partition coefficient (Wildman–Crippen LogP) is 2.84. The Kier molecular flexibility index (Phi) is 5.72. The van der Waals surface area contributed by atoms with Gasteiger partial charge in [0.2, 0.25) is 0 Å². The molecule has 24 heavy (non-hydrogen) atoms. The fourth-order valence-electron chi connectivity index (χ4n) is 2.51. The molecule has 0 saturated carbocycles. The summed E-state index contributed by atoms with van der Waals surface area (Å²) in [5.74, 6) is -0.217. The van der Waals surface area contributed by atoms with E-state index < -0.39 is 12.1 Å². The molecule has 2 rings (SSSR count). The minimum Gasteiger partial charge on any atom is -0.386 e. The van der Waals surface area contributed by atoms with E-state index in [-0.39, 0.29) is 11.7 Å². The molecular formula is C18H24FN3O2. The molecule has 0 fully saturated rings. The summed E-state index contributed by atoms with van der Waals surface area (Å²) in [6.07, 6.45) is 0.630. The van der Waals surface area contributed by atoms with Crippen LogP contribution in [0, 0.1) is 18.7 Å².